The normalized spacial score (nSPS) is 16.3. The Hall–Kier alpha value is -1.23. The number of nitrogens with zero attached hydrogens (tertiary/aromatic N) is 1. The number of aliphatic hydroxyl groups excluding tert-OH is 1. The minimum Gasteiger partial charge on any atom is -0.388 e. The first-order chi connectivity index (χ1) is 10.2. The van der Waals surface area contributed by atoms with Gasteiger partial charge >= 0.3 is 0 Å². The second-order valence-corrected chi connectivity index (χ2v) is 6.64. The molecule has 0 radical (unpaired) electrons. The van der Waals surface area contributed by atoms with Gasteiger partial charge in [0.15, 0.2) is 0 Å². The van der Waals surface area contributed by atoms with Crippen molar-refractivity contribution in [1.82, 2.24) is 4.90 Å². The van der Waals surface area contributed by atoms with Gasteiger partial charge in [-0.1, -0.05) is 24.3 Å². The summed E-state index contributed by atoms with van der Waals surface area (Å²) in [6, 6.07) is 11.3. The Bertz CT molecular complexity index is 568. The van der Waals surface area contributed by atoms with Crippen LogP contribution in [-0.4, -0.2) is 22.6 Å². The molecule has 4 heteroatoms. The van der Waals surface area contributed by atoms with Gasteiger partial charge in [-0.15, -0.1) is 11.3 Å². The average molecular weight is 305 g/mol. The van der Waals surface area contributed by atoms with Gasteiger partial charge in [-0.25, -0.2) is 4.39 Å². The molecular weight excluding hydrogens is 285 g/mol. The van der Waals surface area contributed by atoms with E-state index in [0.29, 0.717) is 18.0 Å². The van der Waals surface area contributed by atoms with Crippen LogP contribution < -0.4 is 0 Å². The predicted molar refractivity (Wildman–Crippen MR) is 83.7 cm³/mol. The molecule has 3 rings (SSSR count). The van der Waals surface area contributed by atoms with Gasteiger partial charge in [0.1, 0.15) is 5.82 Å². The third kappa shape index (κ3) is 3.90. The summed E-state index contributed by atoms with van der Waals surface area (Å²) < 4.78 is 13.7. The molecule has 1 aromatic carbocycles. The van der Waals surface area contributed by atoms with E-state index < -0.39 is 6.10 Å². The smallest absolute Gasteiger partial charge is 0.128 e. The minimum atomic E-state index is -0.726. The molecular formula is C17H20FNOS. The van der Waals surface area contributed by atoms with Crippen LogP contribution in [0, 0.1) is 5.82 Å². The highest BCUT2D eigenvalue weighted by atomic mass is 32.1. The number of aliphatic hydroxyl groups is 1. The first-order valence-corrected chi connectivity index (χ1v) is 8.31. The summed E-state index contributed by atoms with van der Waals surface area (Å²) in [5.41, 5.74) is 0.407. The first-order valence-electron chi connectivity index (χ1n) is 7.43. The topological polar surface area (TPSA) is 23.5 Å². The second kappa shape index (κ2) is 6.69. The fourth-order valence-corrected chi connectivity index (χ4v) is 3.35. The average Bonchev–Trinajstić information content (AvgIpc) is 3.21. The van der Waals surface area contributed by atoms with E-state index in [9.17, 15) is 9.50 Å². The van der Waals surface area contributed by atoms with Crippen molar-refractivity contribution >= 4 is 11.3 Å². The molecule has 112 valence electrons. The van der Waals surface area contributed by atoms with Crippen LogP contribution in [0.1, 0.15) is 35.8 Å². The fraction of sp³-hybridized carbons (Fsp3) is 0.412. The van der Waals surface area contributed by atoms with Gasteiger partial charge in [0.2, 0.25) is 0 Å². The van der Waals surface area contributed by atoms with Crippen molar-refractivity contribution < 1.29 is 9.50 Å². The summed E-state index contributed by atoms with van der Waals surface area (Å²) >= 11 is 1.77. The summed E-state index contributed by atoms with van der Waals surface area (Å²) in [5, 5.41) is 12.3. The molecule has 0 spiro atoms. The van der Waals surface area contributed by atoms with Crippen LogP contribution in [0.5, 0.6) is 0 Å². The number of benzene rings is 1. The molecule has 0 amide bonds. The van der Waals surface area contributed by atoms with E-state index in [1.807, 2.05) is 0 Å². The van der Waals surface area contributed by atoms with Gasteiger partial charge in [0, 0.05) is 29.6 Å². The molecule has 0 saturated heterocycles. The second-order valence-electron chi connectivity index (χ2n) is 5.61. The molecule has 1 aliphatic carbocycles. The Morgan fingerprint density at radius 3 is 2.71 bits per heavy atom. The summed E-state index contributed by atoms with van der Waals surface area (Å²) in [4.78, 5) is 3.76. The zero-order valence-electron chi connectivity index (χ0n) is 11.9. The Labute approximate surface area is 128 Å². The molecule has 1 atom stereocenters. The third-order valence-electron chi connectivity index (χ3n) is 3.96. The molecule has 1 unspecified atom stereocenters. The van der Waals surface area contributed by atoms with Gasteiger partial charge in [-0.05, 0) is 36.8 Å². The maximum Gasteiger partial charge on any atom is 0.128 e. The molecule has 1 aliphatic rings. The highest BCUT2D eigenvalue weighted by Crippen LogP contribution is 2.30. The summed E-state index contributed by atoms with van der Waals surface area (Å²) in [6.07, 6.45) is 2.32. The minimum absolute atomic E-state index is 0.318. The monoisotopic (exact) mass is 305 g/mol. The Morgan fingerprint density at radius 1 is 1.24 bits per heavy atom. The maximum absolute atomic E-state index is 13.7. The highest BCUT2D eigenvalue weighted by molar-refractivity contribution is 7.09. The van der Waals surface area contributed by atoms with E-state index in [0.717, 1.165) is 13.1 Å². The van der Waals surface area contributed by atoms with Crippen molar-refractivity contribution in [2.24, 2.45) is 0 Å². The summed E-state index contributed by atoms with van der Waals surface area (Å²) in [6.45, 7) is 1.74. The number of hydrogen-bond acceptors (Lipinski definition) is 3. The fourth-order valence-electron chi connectivity index (χ4n) is 2.62. The first kappa shape index (κ1) is 14.7. The number of thiophene rings is 1. The van der Waals surface area contributed by atoms with Crippen molar-refractivity contribution in [2.45, 2.75) is 38.0 Å². The van der Waals surface area contributed by atoms with Crippen molar-refractivity contribution in [3.8, 4) is 0 Å². The lowest BCUT2D eigenvalue weighted by Gasteiger charge is -2.23. The van der Waals surface area contributed by atoms with Gasteiger partial charge in [0.25, 0.3) is 0 Å². The van der Waals surface area contributed by atoms with Gasteiger partial charge in [-0.2, -0.15) is 0 Å². The summed E-state index contributed by atoms with van der Waals surface area (Å²) in [7, 11) is 0. The number of rotatable bonds is 7. The van der Waals surface area contributed by atoms with E-state index in [1.54, 1.807) is 29.5 Å². The molecule has 1 heterocycles. The third-order valence-corrected chi connectivity index (χ3v) is 4.82. The van der Waals surface area contributed by atoms with E-state index in [4.69, 9.17) is 0 Å². The van der Waals surface area contributed by atoms with Crippen LogP contribution in [0.4, 0.5) is 4.39 Å². The van der Waals surface area contributed by atoms with Crippen molar-refractivity contribution in [2.75, 3.05) is 6.54 Å². The SMILES string of the molecule is OC(CCN(Cc1cccs1)C1CC1)c1ccccc1F. The van der Waals surface area contributed by atoms with Gasteiger partial charge in [-0.3, -0.25) is 4.90 Å². The predicted octanol–water partition coefficient (Wildman–Crippen LogP) is 3.98. The van der Waals surface area contributed by atoms with Crippen LogP contribution >= 0.6 is 11.3 Å². The lowest BCUT2D eigenvalue weighted by atomic mass is 10.1. The molecule has 1 saturated carbocycles. The van der Waals surface area contributed by atoms with Crippen molar-refractivity contribution in [3.63, 3.8) is 0 Å². The van der Waals surface area contributed by atoms with E-state index in [2.05, 4.69) is 22.4 Å². The van der Waals surface area contributed by atoms with Crippen LogP contribution in [0.2, 0.25) is 0 Å². The van der Waals surface area contributed by atoms with Gasteiger partial charge in [0.05, 0.1) is 6.10 Å². The van der Waals surface area contributed by atoms with Gasteiger partial charge < -0.3 is 5.11 Å². The quantitative estimate of drug-likeness (QED) is 0.836. The number of halogens is 1. The lowest BCUT2D eigenvalue weighted by molar-refractivity contribution is 0.134. The van der Waals surface area contributed by atoms with Crippen LogP contribution in [0.3, 0.4) is 0 Å². The lowest BCUT2D eigenvalue weighted by Crippen LogP contribution is -2.27. The summed E-state index contributed by atoms with van der Waals surface area (Å²) in [5.74, 6) is -0.318. The zero-order chi connectivity index (χ0) is 14.7. The Morgan fingerprint density at radius 2 is 2.05 bits per heavy atom. The molecule has 0 aliphatic heterocycles. The highest BCUT2D eigenvalue weighted by Gasteiger charge is 2.29. The molecule has 1 fully saturated rings. The molecule has 0 bridgehead atoms. The standard InChI is InChI=1S/C17H20FNOS/c18-16-6-2-1-5-15(16)17(20)9-10-19(13-7-8-13)12-14-4-3-11-21-14/h1-6,11,13,17,20H,7-10,12H2. The van der Waals surface area contributed by atoms with Crippen LogP contribution in [-0.2, 0) is 6.54 Å². The largest absolute Gasteiger partial charge is 0.388 e. The van der Waals surface area contributed by atoms with Crippen molar-refractivity contribution in [3.05, 3.63) is 58.0 Å². The van der Waals surface area contributed by atoms with Crippen molar-refractivity contribution in [1.29, 1.82) is 0 Å². The van der Waals surface area contributed by atoms with Crippen LogP contribution in [0.15, 0.2) is 41.8 Å². The molecule has 21 heavy (non-hydrogen) atoms. The Kier molecular flexibility index (Phi) is 4.68. The van der Waals surface area contributed by atoms with E-state index >= 15 is 0 Å². The molecule has 2 nitrogen and oxygen atoms in total. The molecule has 2 aromatic rings. The Balaban J connectivity index is 1.58. The number of hydrogen-bond donors (Lipinski definition) is 1. The molecule has 1 aromatic heterocycles. The maximum atomic E-state index is 13.7. The van der Waals surface area contributed by atoms with E-state index in [1.165, 1.54) is 23.8 Å². The molecule has 1 N–H and O–H groups in total. The zero-order valence-corrected chi connectivity index (χ0v) is 12.7. The van der Waals surface area contributed by atoms with Crippen LogP contribution in [0.25, 0.3) is 0 Å². The van der Waals surface area contributed by atoms with E-state index in [-0.39, 0.29) is 5.82 Å².